The van der Waals surface area contributed by atoms with Gasteiger partial charge < -0.3 is 4.43 Å². The van der Waals surface area contributed by atoms with E-state index in [1.165, 1.54) is 9.85 Å². The van der Waals surface area contributed by atoms with Crippen molar-refractivity contribution in [2.24, 2.45) is 4.99 Å². The molecule has 1 aliphatic heterocycles. The highest BCUT2D eigenvalue weighted by atomic mass is 32.2. The zero-order valence-electron chi connectivity index (χ0n) is 11.9. The van der Waals surface area contributed by atoms with E-state index in [4.69, 9.17) is 9.42 Å². The third-order valence-corrected chi connectivity index (χ3v) is 9.56. The summed E-state index contributed by atoms with van der Waals surface area (Å²) in [6.07, 6.45) is 0. The van der Waals surface area contributed by atoms with Crippen LogP contribution in [0, 0.1) is 0 Å². The monoisotopic (exact) mass is 294 g/mol. The van der Waals surface area contributed by atoms with Gasteiger partial charge in [-0.05, 0) is 18.3 Å². The molecule has 0 radical (unpaired) electrons. The summed E-state index contributed by atoms with van der Waals surface area (Å²) in [6, 6.07) is 10.6. The molecule has 0 amide bonds. The fourth-order valence-corrected chi connectivity index (χ4v) is 8.70. The Balaban J connectivity index is 2.53. The lowest BCUT2D eigenvalue weighted by Gasteiger charge is -2.39. The number of rotatable bonds is 6. The molecule has 5 heteroatoms. The van der Waals surface area contributed by atoms with E-state index in [9.17, 15) is 0 Å². The summed E-state index contributed by atoms with van der Waals surface area (Å²) in [7, 11) is -0.449. The Morgan fingerprint density at radius 1 is 1.26 bits per heavy atom. The van der Waals surface area contributed by atoms with Crippen molar-refractivity contribution in [2.75, 3.05) is 32.5 Å². The van der Waals surface area contributed by atoms with E-state index in [0.29, 0.717) is 0 Å². The van der Waals surface area contributed by atoms with Gasteiger partial charge in [-0.15, -0.1) is 11.8 Å². The molecule has 0 aliphatic carbocycles. The predicted molar refractivity (Wildman–Crippen MR) is 86.5 cm³/mol. The van der Waals surface area contributed by atoms with Crippen molar-refractivity contribution >= 4 is 30.1 Å². The molecule has 1 heterocycles. The topological polar surface area (TPSA) is 24.8 Å². The molecule has 3 nitrogen and oxygen atoms in total. The van der Waals surface area contributed by atoms with Gasteiger partial charge in [0, 0.05) is 19.4 Å². The number of hydrogen-bond acceptors (Lipinski definition) is 4. The van der Waals surface area contributed by atoms with E-state index in [1.807, 2.05) is 18.9 Å². The smallest absolute Gasteiger partial charge is 0.363 e. The van der Waals surface area contributed by atoms with Crippen LogP contribution in [0.4, 0.5) is 0 Å². The van der Waals surface area contributed by atoms with Gasteiger partial charge in [0.1, 0.15) is 4.67 Å². The van der Waals surface area contributed by atoms with Crippen LogP contribution >= 0.6 is 11.8 Å². The van der Waals surface area contributed by atoms with Crippen LogP contribution in [0.1, 0.15) is 13.8 Å². The van der Waals surface area contributed by atoms with Crippen molar-refractivity contribution in [3.8, 4) is 0 Å². The zero-order valence-corrected chi connectivity index (χ0v) is 13.7. The zero-order chi connectivity index (χ0) is 13.7. The third-order valence-electron chi connectivity index (χ3n) is 3.54. The molecule has 1 aliphatic rings. The summed E-state index contributed by atoms with van der Waals surface area (Å²) in [5, 5.41) is 1.30. The third kappa shape index (κ3) is 2.65. The Hall–Kier alpha value is -0.623. The molecule has 0 aromatic heterocycles. The molecular weight excluding hydrogens is 272 g/mol. The Kier molecular flexibility index (Phi) is 5.21. The first kappa shape index (κ1) is 14.8. The van der Waals surface area contributed by atoms with Crippen LogP contribution in [0.15, 0.2) is 35.3 Å². The van der Waals surface area contributed by atoms with Crippen LogP contribution in [-0.4, -0.2) is 50.2 Å². The molecule has 0 bridgehead atoms. The molecule has 1 atom stereocenters. The number of hydrogen-bond donors (Lipinski definition) is 0. The van der Waals surface area contributed by atoms with Crippen LogP contribution in [0.3, 0.4) is 0 Å². The molecular formula is C14H22N2OSSi. The second kappa shape index (κ2) is 6.70. The van der Waals surface area contributed by atoms with E-state index in [1.54, 1.807) is 0 Å². The summed E-state index contributed by atoms with van der Waals surface area (Å²) >= 11 is 1.87. The molecule has 1 unspecified atom stereocenters. The van der Waals surface area contributed by atoms with Crippen molar-refractivity contribution < 1.29 is 4.43 Å². The maximum Gasteiger partial charge on any atom is 0.363 e. The van der Waals surface area contributed by atoms with E-state index in [-0.39, 0.29) is 0 Å². The molecule has 1 aromatic rings. The lowest BCUT2D eigenvalue weighted by atomic mass is 10.4. The number of thioether (sulfide) groups is 1. The maximum absolute atomic E-state index is 6.17. The number of nitrogens with zero attached hydrogens (tertiary/aromatic N) is 2. The minimum atomic E-state index is -2.30. The van der Waals surface area contributed by atoms with Gasteiger partial charge >= 0.3 is 8.48 Å². The van der Waals surface area contributed by atoms with Crippen LogP contribution < -0.4 is 5.19 Å². The molecule has 0 spiro atoms. The largest absolute Gasteiger partial charge is 0.399 e. The summed E-state index contributed by atoms with van der Waals surface area (Å²) in [6.45, 7) is 7.31. The molecule has 0 saturated carbocycles. The SMILES string of the molecule is CCN(CC)[Si](OC)(C1=NCCS1)c1ccccc1. The van der Waals surface area contributed by atoms with E-state index in [2.05, 4.69) is 48.7 Å². The van der Waals surface area contributed by atoms with Gasteiger partial charge in [-0.3, -0.25) is 9.56 Å². The molecule has 0 saturated heterocycles. The molecule has 19 heavy (non-hydrogen) atoms. The minimum Gasteiger partial charge on any atom is -0.399 e. The minimum absolute atomic E-state index is 0.923. The quantitative estimate of drug-likeness (QED) is 0.750. The Bertz CT molecular complexity index is 436. The second-order valence-electron chi connectivity index (χ2n) is 4.42. The first-order valence-corrected chi connectivity index (χ1v) is 9.67. The van der Waals surface area contributed by atoms with Gasteiger partial charge in [0.05, 0.1) is 0 Å². The van der Waals surface area contributed by atoms with Gasteiger partial charge in [-0.1, -0.05) is 44.2 Å². The lowest BCUT2D eigenvalue weighted by Crippen LogP contribution is -2.68. The summed E-state index contributed by atoms with van der Waals surface area (Å²) in [4.78, 5) is 4.75. The van der Waals surface area contributed by atoms with Crippen molar-refractivity contribution in [3.63, 3.8) is 0 Å². The van der Waals surface area contributed by atoms with E-state index < -0.39 is 8.48 Å². The van der Waals surface area contributed by atoms with Crippen molar-refractivity contribution in [3.05, 3.63) is 30.3 Å². The van der Waals surface area contributed by atoms with Crippen molar-refractivity contribution in [1.29, 1.82) is 0 Å². The van der Waals surface area contributed by atoms with Crippen LogP contribution in [0.25, 0.3) is 0 Å². The van der Waals surface area contributed by atoms with E-state index >= 15 is 0 Å². The molecule has 104 valence electrons. The molecule has 0 fully saturated rings. The van der Waals surface area contributed by atoms with Gasteiger partial charge in [-0.25, -0.2) is 0 Å². The first-order valence-electron chi connectivity index (χ1n) is 6.83. The number of benzene rings is 1. The first-order chi connectivity index (χ1) is 9.29. The van der Waals surface area contributed by atoms with Crippen molar-refractivity contribution in [1.82, 2.24) is 4.57 Å². The molecule has 0 N–H and O–H groups in total. The molecule has 2 rings (SSSR count). The van der Waals surface area contributed by atoms with Crippen LogP contribution in [-0.2, 0) is 4.43 Å². The lowest BCUT2D eigenvalue weighted by molar-refractivity contribution is 0.326. The second-order valence-corrected chi connectivity index (χ2v) is 9.25. The summed E-state index contributed by atoms with van der Waals surface area (Å²) in [5.41, 5.74) is 0. The van der Waals surface area contributed by atoms with Crippen LogP contribution in [0.2, 0.25) is 0 Å². The van der Waals surface area contributed by atoms with Gasteiger partial charge in [-0.2, -0.15) is 0 Å². The Labute approximate surface area is 121 Å². The Morgan fingerprint density at radius 2 is 1.95 bits per heavy atom. The Morgan fingerprint density at radius 3 is 2.42 bits per heavy atom. The van der Waals surface area contributed by atoms with E-state index in [0.717, 1.165) is 25.4 Å². The average molecular weight is 294 g/mol. The molecule has 1 aromatic carbocycles. The van der Waals surface area contributed by atoms with Gasteiger partial charge in [0.25, 0.3) is 0 Å². The predicted octanol–water partition coefficient (Wildman–Crippen LogP) is 2.01. The summed E-state index contributed by atoms with van der Waals surface area (Å²) < 4.78 is 9.86. The standard InChI is InChI=1S/C14H22N2OSSi/c1-4-16(5-2)19(17-3,14-15-11-12-18-14)13-9-7-6-8-10-13/h6-10H,4-5,11-12H2,1-3H3. The normalized spacial score (nSPS) is 18.4. The van der Waals surface area contributed by atoms with Gasteiger partial charge in [0.15, 0.2) is 0 Å². The average Bonchev–Trinajstić information content (AvgIpc) is 3.00. The number of aliphatic imine (C=N–C) groups is 1. The van der Waals surface area contributed by atoms with Gasteiger partial charge in [0.2, 0.25) is 0 Å². The fraction of sp³-hybridized carbons (Fsp3) is 0.500. The highest BCUT2D eigenvalue weighted by Gasteiger charge is 2.48. The summed E-state index contributed by atoms with van der Waals surface area (Å²) in [5.74, 6) is 1.08. The highest BCUT2D eigenvalue weighted by Crippen LogP contribution is 2.25. The van der Waals surface area contributed by atoms with Crippen molar-refractivity contribution in [2.45, 2.75) is 13.8 Å². The maximum atomic E-state index is 6.17. The van der Waals surface area contributed by atoms with Crippen LogP contribution in [0.5, 0.6) is 0 Å². The highest BCUT2D eigenvalue weighted by molar-refractivity contribution is 8.18. The fourth-order valence-electron chi connectivity index (χ4n) is 2.65.